The molecule has 1 heterocycles. The van der Waals surface area contributed by atoms with Crippen LogP contribution >= 0.6 is 23.4 Å². The van der Waals surface area contributed by atoms with E-state index in [9.17, 15) is 4.79 Å². The molecule has 5 N–H and O–H groups in total. The van der Waals surface area contributed by atoms with Crippen molar-refractivity contribution in [2.75, 3.05) is 11.5 Å². The number of nitrogen functional groups attached to an aromatic ring is 2. The van der Waals surface area contributed by atoms with Crippen molar-refractivity contribution in [1.82, 2.24) is 9.97 Å². The summed E-state index contributed by atoms with van der Waals surface area (Å²) in [4.78, 5) is 19.4. The third-order valence-electron chi connectivity index (χ3n) is 2.13. The van der Waals surface area contributed by atoms with Crippen molar-refractivity contribution in [2.45, 2.75) is 10.1 Å². The predicted octanol–water partition coefficient (Wildman–Crippen LogP) is 2.14. The molecule has 0 unspecified atom stereocenters. The molecular weight excluding hydrogens is 288 g/mol. The first-order valence-electron chi connectivity index (χ1n) is 5.06. The van der Waals surface area contributed by atoms with Gasteiger partial charge in [-0.25, -0.2) is 14.8 Å². The topological polar surface area (TPSA) is 115 Å². The van der Waals surface area contributed by atoms with Crippen LogP contribution in [0.5, 0.6) is 0 Å². The van der Waals surface area contributed by atoms with Crippen molar-refractivity contribution >= 4 is 41.0 Å². The molecule has 98 valence electrons. The van der Waals surface area contributed by atoms with Crippen LogP contribution in [0.4, 0.5) is 11.6 Å². The quantitative estimate of drug-likeness (QED) is 0.743. The summed E-state index contributed by atoms with van der Waals surface area (Å²) in [7, 11) is 0. The van der Waals surface area contributed by atoms with Crippen LogP contribution in [0, 0.1) is 0 Å². The highest BCUT2D eigenvalue weighted by Crippen LogP contribution is 2.32. The third-order valence-corrected chi connectivity index (χ3v) is 3.49. The summed E-state index contributed by atoms with van der Waals surface area (Å²) in [5.41, 5.74) is 11.2. The first kappa shape index (κ1) is 13.4. The number of carbonyl (C=O) groups is 1. The van der Waals surface area contributed by atoms with Crippen molar-refractivity contribution in [2.24, 2.45) is 0 Å². The highest BCUT2D eigenvalue weighted by Gasteiger charge is 2.10. The fourth-order valence-corrected chi connectivity index (χ4v) is 2.41. The zero-order valence-electron chi connectivity index (χ0n) is 9.50. The Bertz CT molecular complexity index is 630. The molecule has 0 aliphatic rings. The zero-order valence-corrected chi connectivity index (χ0v) is 11.1. The monoisotopic (exact) mass is 296 g/mol. The van der Waals surface area contributed by atoms with Gasteiger partial charge in [-0.2, -0.15) is 0 Å². The summed E-state index contributed by atoms with van der Waals surface area (Å²) < 4.78 is 0. The maximum absolute atomic E-state index is 10.8. The molecule has 0 spiro atoms. The number of hydrogen-bond donors (Lipinski definition) is 3. The SMILES string of the molecule is Nc1cc(N)nc(Sc2ccc(C(=O)O)cc2Cl)n1. The van der Waals surface area contributed by atoms with Crippen LogP contribution in [-0.4, -0.2) is 21.0 Å². The number of nitrogens with zero attached hydrogens (tertiary/aromatic N) is 2. The second-order valence-electron chi connectivity index (χ2n) is 3.55. The van der Waals surface area contributed by atoms with Gasteiger partial charge in [0.05, 0.1) is 10.6 Å². The van der Waals surface area contributed by atoms with Gasteiger partial charge in [-0.1, -0.05) is 11.6 Å². The third kappa shape index (κ3) is 3.27. The maximum Gasteiger partial charge on any atom is 0.335 e. The van der Waals surface area contributed by atoms with Gasteiger partial charge in [0, 0.05) is 11.0 Å². The molecule has 0 amide bonds. The van der Waals surface area contributed by atoms with Crippen LogP contribution in [0.25, 0.3) is 0 Å². The minimum atomic E-state index is -1.04. The number of carboxylic acids is 1. The summed E-state index contributed by atoms with van der Waals surface area (Å²) in [6.45, 7) is 0. The normalized spacial score (nSPS) is 10.4. The van der Waals surface area contributed by atoms with Gasteiger partial charge in [-0.05, 0) is 30.0 Å². The lowest BCUT2D eigenvalue weighted by Crippen LogP contribution is -1.99. The highest BCUT2D eigenvalue weighted by molar-refractivity contribution is 7.99. The van der Waals surface area contributed by atoms with Crippen LogP contribution in [-0.2, 0) is 0 Å². The van der Waals surface area contributed by atoms with E-state index in [1.807, 2.05) is 0 Å². The van der Waals surface area contributed by atoms with Crippen LogP contribution in [0.15, 0.2) is 34.3 Å². The predicted molar refractivity (Wildman–Crippen MR) is 73.4 cm³/mol. The smallest absolute Gasteiger partial charge is 0.335 e. The van der Waals surface area contributed by atoms with E-state index in [-0.39, 0.29) is 17.2 Å². The molecular formula is C11H9ClN4O2S. The second kappa shape index (κ2) is 5.33. The molecule has 0 aliphatic carbocycles. The Labute approximate surface area is 117 Å². The van der Waals surface area contributed by atoms with Gasteiger partial charge < -0.3 is 16.6 Å². The number of aromatic nitrogens is 2. The largest absolute Gasteiger partial charge is 0.478 e. The van der Waals surface area contributed by atoms with Crippen LogP contribution < -0.4 is 11.5 Å². The van der Waals surface area contributed by atoms with Crippen LogP contribution in [0.1, 0.15) is 10.4 Å². The van der Waals surface area contributed by atoms with E-state index in [2.05, 4.69) is 9.97 Å². The second-order valence-corrected chi connectivity index (χ2v) is 4.97. The molecule has 2 aromatic rings. The van der Waals surface area contributed by atoms with Crippen LogP contribution in [0.2, 0.25) is 5.02 Å². The van der Waals surface area contributed by atoms with Gasteiger partial charge in [-0.15, -0.1) is 0 Å². The Balaban J connectivity index is 2.30. The molecule has 6 nitrogen and oxygen atoms in total. The van der Waals surface area contributed by atoms with E-state index in [1.54, 1.807) is 6.07 Å². The zero-order chi connectivity index (χ0) is 14.0. The summed E-state index contributed by atoms with van der Waals surface area (Å²) in [5.74, 6) is -0.524. The lowest BCUT2D eigenvalue weighted by molar-refractivity contribution is 0.0697. The molecule has 0 radical (unpaired) electrons. The number of hydrogen-bond acceptors (Lipinski definition) is 6. The Kier molecular flexibility index (Phi) is 3.77. The Morgan fingerprint density at radius 3 is 2.37 bits per heavy atom. The maximum atomic E-state index is 10.8. The first-order chi connectivity index (χ1) is 8.95. The van der Waals surface area contributed by atoms with Gasteiger partial charge in [-0.3, -0.25) is 0 Å². The molecule has 0 saturated carbocycles. The number of halogens is 1. The Morgan fingerprint density at radius 1 is 1.21 bits per heavy atom. The molecule has 1 aromatic carbocycles. The van der Waals surface area contributed by atoms with Gasteiger partial charge in [0.1, 0.15) is 11.6 Å². The van der Waals surface area contributed by atoms with E-state index >= 15 is 0 Å². The number of carboxylic acid groups (broad SMARTS) is 1. The van der Waals surface area contributed by atoms with E-state index in [4.69, 9.17) is 28.2 Å². The lowest BCUT2D eigenvalue weighted by atomic mass is 10.2. The average molecular weight is 297 g/mol. The highest BCUT2D eigenvalue weighted by atomic mass is 35.5. The fraction of sp³-hybridized carbons (Fsp3) is 0. The van der Waals surface area contributed by atoms with Crippen LogP contribution in [0.3, 0.4) is 0 Å². The van der Waals surface area contributed by atoms with E-state index in [0.717, 1.165) is 11.8 Å². The Morgan fingerprint density at radius 2 is 1.84 bits per heavy atom. The molecule has 0 fully saturated rings. The molecule has 0 atom stereocenters. The van der Waals surface area contributed by atoms with Crippen molar-refractivity contribution in [3.05, 3.63) is 34.9 Å². The van der Waals surface area contributed by atoms with Gasteiger partial charge >= 0.3 is 5.97 Å². The standard InChI is InChI=1S/C11H9ClN4O2S/c12-6-3-5(10(17)18)1-2-7(6)19-11-15-8(13)4-9(14)16-11/h1-4H,(H,17,18)(H4,13,14,15,16). The van der Waals surface area contributed by atoms with Crippen molar-refractivity contribution in [1.29, 1.82) is 0 Å². The van der Waals surface area contributed by atoms with Gasteiger partial charge in [0.25, 0.3) is 0 Å². The summed E-state index contributed by atoms with van der Waals surface area (Å²) in [6, 6.07) is 5.84. The van der Waals surface area contributed by atoms with Crippen molar-refractivity contribution < 1.29 is 9.90 Å². The average Bonchev–Trinajstić information content (AvgIpc) is 2.30. The number of nitrogens with two attached hydrogens (primary N) is 2. The Hall–Kier alpha value is -1.99. The van der Waals surface area contributed by atoms with E-state index < -0.39 is 5.97 Å². The summed E-state index contributed by atoms with van der Waals surface area (Å²) >= 11 is 7.16. The summed E-state index contributed by atoms with van der Waals surface area (Å²) in [5, 5.41) is 9.49. The summed E-state index contributed by atoms with van der Waals surface area (Å²) in [6.07, 6.45) is 0. The minimum absolute atomic E-state index is 0.113. The molecule has 2 rings (SSSR count). The van der Waals surface area contributed by atoms with Crippen molar-refractivity contribution in [3.63, 3.8) is 0 Å². The minimum Gasteiger partial charge on any atom is -0.478 e. The first-order valence-corrected chi connectivity index (χ1v) is 6.26. The number of anilines is 2. The van der Waals surface area contributed by atoms with Gasteiger partial charge in [0.2, 0.25) is 0 Å². The van der Waals surface area contributed by atoms with Crippen molar-refractivity contribution in [3.8, 4) is 0 Å². The number of rotatable bonds is 3. The fourth-order valence-electron chi connectivity index (χ4n) is 1.32. The lowest BCUT2D eigenvalue weighted by Gasteiger charge is -2.05. The van der Waals surface area contributed by atoms with E-state index in [0.29, 0.717) is 15.1 Å². The van der Waals surface area contributed by atoms with Gasteiger partial charge in [0.15, 0.2) is 5.16 Å². The van der Waals surface area contributed by atoms with E-state index in [1.165, 1.54) is 18.2 Å². The molecule has 1 aromatic heterocycles. The molecule has 0 bridgehead atoms. The number of benzene rings is 1. The molecule has 8 heteroatoms. The molecule has 0 saturated heterocycles. The molecule has 19 heavy (non-hydrogen) atoms. The molecule has 0 aliphatic heterocycles. The number of aromatic carboxylic acids is 1.